The van der Waals surface area contributed by atoms with Crippen LogP contribution in [0.1, 0.15) is 45.1 Å². The Morgan fingerprint density at radius 3 is 2.95 bits per heavy atom. The van der Waals surface area contributed by atoms with Gasteiger partial charge in [-0.3, -0.25) is 0 Å². The lowest BCUT2D eigenvalue weighted by molar-refractivity contribution is 0.236. The molecule has 0 aromatic carbocycles. The number of carbonyl (C=O) groups is 1. The van der Waals surface area contributed by atoms with Crippen molar-refractivity contribution in [1.82, 2.24) is 15.6 Å². The first kappa shape index (κ1) is 16.3. The van der Waals surface area contributed by atoms with E-state index in [1.165, 1.54) is 12.8 Å². The van der Waals surface area contributed by atoms with Crippen LogP contribution in [0.2, 0.25) is 0 Å². The molecule has 5 nitrogen and oxygen atoms in total. The largest absolute Gasteiger partial charge is 0.481 e. The molecule has 0 saturated heterocycles. The highest BCUT2D eigenvalue weighted by atomic mass is 16.5. The molecule has 20 heavy (non-hydrogen) atoms. The van der Waals surface area contributed by atoms with E-state index in [9.17, 15) is 4.79 Å². The molecule has 0 aliphatic carbocycles. The third-order valence-corrected chi connectivity index (χ3v) is 3.08. The van der Waals surface area contributed by atoms with E-state index in [4.69, 9.17) is 4.74 Å². The van der Waals surface area contributed by atoms with Gasteiger partial charge in [-0.1, -0.05) is 26.2 Å². The highest BCUT2D eigenvalue weighted by molar-refractivity contribution is 5.74. The minimum absolute atomic E-state index is 0.134. The summed E-state index contributed by atoms with van der Waals surface area (Å²) in [6.07, 6.45) is 6.25. The summed E-state index contributed by atoms with van der Waals surface area (Å²) in [5.74, 6) is 0.553. The zero-order valence-electron chi connectivity index (χ0n) is 12.6. The van der Waals surface area contributed by atoms with Crippen LogP contribution in [-0.2, 0) is 6.54 Å². The summed E-state index contributed by atoms with van der Waals surface area (Å²) in [4.78, 5) is 15.8. The van der Waals surface area contributed by atoms with E-state index in [0.29, 0.717) is 12.4 Å². The molecule has 1 atom stereocenters. The summed E-state index contributed by atoms with van der Waals surface area (Å²) in [5, 5.41) is 5.78. The monoisotopic (exact) mass is 279 g/mol. The van der Waals surface area contributed by atoms with Crippen molar-refractivity contribution in [3.63, 3.8) is 0 Å². The fourth-order valence-corrected chi connectivity index (χ4v) is 1.90. The van der Waals surface area contributed by atoms with Crippen LogP contribution in [0.25, 0.3) is 0 Å². The predicted octanol–water partition coefficient (Wildman–Crippen LogP) is 2.86. The molecule has 1 aromatic heterocycles. The fourth-order valence-electron chi connectivity index (χ4n) is 1.90. The van der Waals surface area contributed by atoms with Gasteiger partial charge in [-0.2, -0.15) is 0 Å². The Labute approximate surface area is 121 Å². The van der Waals surface area contributed by atoms with Crippen molar-refractivity contribution in [2.24, 2.45) is 0 Å². The van der Waals surface area contributed by atoms with Crippen LogP contribution in [-0.4, -0.2) is 24.2 Å². The van der Waals surface area contributed by atoms with E-state index in [0.717, 1.165) is 18.4 Å². The number of aromatic nitrogens is 1. The lowest BCUT2D eigenvalue weighted by Gasteiger charge is -2.14. The molecule has 0 aliphatic rings. The molecule has 2 N–H and O–H groups in total. The van der Waals surface area contributed by atoms with Crippen molar-refractivity contribution in [2.45, 2.75) is 52.1 Å². The van der Waals surface area contributed by atoms with Crippen molar-refractivity contribution >= 4 is 6.03 Å². The number of urea groups is 1. The molecule has 0 saturated carbocycles. The lowest BCUT2D eigenvalue weighted by Crippen LogP contribution is -2.40. The van der Waals surface area contributed by atoms with Gasteiger partial charge in [0.15, 0.2) is 0 Å². The third kappa shape index (κ3) is 6.41. The van der Waals surface area contributed by atoms with E-state index in [-0.39, 0.29) is 12.1 Å². The zero-order chi connectivity index (χ0) is 14.8. The Morgan fingerprint density at radius 2 is 2.25 bits per heavy atom. The maximum atomic E-state index is 11.7. The Morgan fingerprint density at radius 1 is 1.45 bits per heavy atom. The maximum Gasteiger partial charge on any atom is 0.315 e. The van der Waals surface area contributed by atoms with Gasteiger partial charge in [0.05, 0.1) is 7.11 Å². The summed E-state index contributed by atoms with van der Waals surface area (Å²) >= 11 is 0. The highest BCUT2D eigenvalue weighted by Gasteiger charge is 2.06. The minimum atomic E-state index is -0.134. The second-order valence-electron chi connectivity index (χ2n) is 4.93. The highest BCUT2D eigenvalue weighted by Crippen LogP contribution is 2.08. The van der Waals surface area contributed by atoms with Crippen molar-refractivity contribution in [1.29, 1.82) is 0 Å². The van der Waals surface area contributed by atoms with Gasteiger partial charge in [0, 0.05) is 24.8 Å². The molecule has 0 spiro atoms. The molecule has 2 amide bonds. The quantitative estimate of drug-likeness (QED) is 0.719. The van der Waals surface area contributed by atoms with Crippen molar-refractivity contribution in [2.75, 3.05) is 7.11 Å². The van der Waals surface area contributed by atoms with Crippen molar-refractivity contribution < 1.29 is 9.53 Å². The third-order valence-electron chi connectivity index (χ3n) is 3.08. The number of ether oxygens (including phenoxy) is 1. The van der Waals surface area contributed by atoms with Crippen molar-refractivity contribution in [3.8, 4) is 5.88 Å². The lowest BCUT2D eigenvalue weighted by atomic mass is 10.1. The molecule has 5 heteroatoms. The first-order valence-electron chi connectivity index (χ1n) is 7.19. The average Bonchev–Trinajstić information content (AvgIpc) is 2.45. The number of rotatable bonds is 8. The van der Waals surface area contributed by atoms with Gasteiger partial charge >= 0.3 is 6.03 Å². The van der Waals surface area contributed by atoms with Crippen LogP contribution < -0.4 is 15.4 Å². The fraction of sp³-hybridized carbons (Fsp3) is 0.600. The summed E-state index contributed by atoms with van der Waals surface area (Å²) in [6, 6.07) is 3.73. The van der Waals surface area contributed by atoms with E-state index < -0.39 is 0 Å². The Hall–Kier alpha value is -1.78. The Bertz CT molecular complexity index is 410. The molecular formula is C15H25N3O2. The zero-order valence-corrected chi connectivity index (χ0v) is 12.6. The predicted molar refractivity (Wildman–Crippen MR) is 79.8 cm³/mol. The molecule has 0 bridgehead atoms. The van der Waals surface area contributed by atoms with E-state index in [1.54, 1.807) is 13.3 Å². The summed E-state index contributed by atoms with van der Waals surface area (Å²) in [5.41, 5.74) is 0.964. The van der Waals surface area contributed by atoms with Gasteiger partial charge in [0.2, 0.25) is 5.88 Å². The minimum Gasteiger partial charge on any atom is -0.481 e. The first-order chi connectivity index (χ1) is 9.65. The number of unbranched alkanes of at least 4 members (excludes halogenated alkanes) is 2. The summed E-state index contributed by atoms with van der Waals surface area (Å²) in [7, 11) is 1.57. The van der Waals surface area contributed by atoms with E-state index in [2.05, 4.69) is 22.5 Å². The van der Waals surface area contributed by atoms with Gasteiger partial charge in [0.25, 0.3) is 0 Å². The molecule has 1 aromatic rings. The number of amides is 2. The standard InChI is InChI=1S/C15H25N3O2/c1-4-5-6-7-12(2)18-15(19)17-11-13-8-9-16-14(10-13)20-3/h8-10,12H,4-7,11H2,1-3H3,(H2,17,18,19)/t12-/m1/s1. The van der Waals surface area contributed by atoms with Gasteiger partial charge in [-0.15, -0.1) is 0 Å². The van der Waals surface area contributed by atoms with Crippen LogP contribution in [0.3, 0.4) is 0 Å². The molecule has 112 valence electrons. The van der Waals surface area contributed by atoms with Gasteiger partial charge < -0.3 is 15.4 Å². The normalized spacial score (nSPS) is 11.8. The molecule has 1 heterocycles. The molecule has 1 rings (SSSR count). The number of nitrogens with one attached hydrogen (secondary N) is 2. The number of carbonyl (C=O) groups excluding carboxylic acids is 1. The molecule has 0 fully saturated rings. The number of pyridine rings is 1. The molecule has 0 aliphatic heterocycles. The molecule has 0 radical (unpaired) electrons. The van der Waals surface area contributed by atoms with Gasteiger partial charge in [-0.25, -0.2) is 9.78 Å². The average molecular weight is 279 g/mol. The number of hydrogen-bond acceptors (Lipinski definition) is 3. The SMILES string of the molecule is CCCCC[C@@H](C)NC(=O)NCc1ccnc(OC)c1. The van der Waals surface area contributed by atoms with Gasteiger partial charge in [0.1, 0.15) is 0 Å². The number of methoxy groups -OCH3 is 1. The van der Waals surface area contributed by atoms with Crippen molar-refractivity contribution in [3.05, 3.63) is 23.9 Å². The summed E-state index contributed by atoms with van der Waals surface area (Å²) in [6.45, 7) is 4.67. The number of hydrogen-bond donors (Lipinski definition) is 2. The van der Waals surface area contributed by atoms with Gasteiger partial charge in [-0.05, 0) is 25.0 Å². The topological polar surface area (TPSA) is 63.2 Å². The second-order valence-corrected chi connectivity index (χ2v) is 4.93. The molecular weight excluding hydrogens is 254 g/mol. The molecule has 0 unspecified atom stereocenters. The van der Waals surface area contributed by atoms with Crippen LogP contribution >= 0.6 is 0 Å². The Balaban J connectivity index is 2.28. The summed E-state index contributed by atoms with van der Waals surface area (Å²) < 4.78 is 5.04. The van der Waals surface area contributed by atoms with Crippen LogP contribution in [0, 0.1) is 0 Å². The first-order valence-corrected chi connectivity index (χ1v) is 7.19. The van der Waals surface area contributed by atoms with E-state index >= 15 is 0 Å². The van der Waals surface area contributed by atoms with Crippen LogP contribution in [0.15, 0.2) is 18.3 Å². The smallest absolute Gasteiger partial charge is 0.315 e. The van der Waals surface area contributed by atoms with E-state index in [1.807, 2.05) is 19.1 Å². The van der Waals surface area contributed by atoms with Crippen LogP contribution in [0.4, 0.5) is 4.79 Å². The van der Waals surface area contributed by atoms with Crippen LogP contribution in [0.5, 0.6) is 5.88 Å². The maximum absolute atomic E-state index is 11.7. The number of nitrogens with zero attached hydrogens (tertiary/aromatic N) is 1. The second kappa shape index (κ2) is 9.18. The Kier molecular flexibility index (Phi) is 7.47.